The minimum atomic E-state index is -0.0759. The lowest BCUT2D eigenvalue weighted by Crippen LogP contribution is -2.10. The van der Waals surface area contributed by atoms with Gasteiger partial charge < -0.3 is 5.32 Å². The summed E-state index contributed by atoms with van der Waals surface area (Å²) in [4.78, 5) is 14.6. The number of rotatable bonds is 2. The van der Waals surface area contributed by atoms with Crippen LogP contribution in [-0.2, 0) is 12.8 Å². The number of halogens is 2. The van der Waals surface area contributed by atoms with Crippen molar-refractivity contribution in [2.75, 3.05) is 5.32 Å². The van der Waals surface area contributed by atoms with Gasteiger partial charge in [0.2, 0.25) is 0 Å². The number of aryl methyl sites for hydroxylation is 2. The third-order valence-electron chi connectivity index (χ3n) is 3.65. The predicted molar refractivity (Wildman–Crippen MR) is 92.7 cm³/mol. The summed E-state index contributed by atoms with van der Waals surface area (Å²) in [5.41, 5.74) is 1.99. The van der Waals surface area contributed by atoms with Crippen LogP contribution in [0.25, 0.3) is 0 Å². The van der Waals surface area contributed by atoms with Crippen molar-refractivity contribution in [1.29, 1.82) is 0 Å². The summed E-state index contributed by atoms with van der Waals surface area (Å²) < 4.78 is 0.893. The highest BCUT2D eigenvalue weighted by Gasteiger charge is 2.17. The average molecular weight is 385 g/mol. The van der Waals surface area contributed by atoms with Gasteiger partial charge in [0.15, 0.2) is 0 Å². The second kappa shape index (κ2) is 6.51. The first-order chi connectivity index (χ1) is 10.1. The molecule has 1 aliphatic carbocycles. The van der Waals surface area contributed by atoms with E-state index >= 15 is 0 Å². The number of carbonyl (C=O) groups excluding carboxylic acids is 1. The zero-order chi connectivity index (χ0) is 14.8. The van der Waals surface area contributed by atoms with E-state index in [1.165, 1.54) is 29.7 Å². The van der Waals surface area contributed by atoms with Crippen LogP contribution < -0.4 is 5.32 Å². The highest BCUT2D eigenvalue weighted by Crippen LogP contribution is 2.31. The molecule has 1 aromatic heterocycles. The van der Waals surface area contributed by atoms with E-state index in [9.17, 15) is 4.79 Å². The summed E-state index contributed by atoms with van der Waals surface area (Å²) in [7, 11) is 0. The zero-order valence-corrected chi connectivity index (χ0v) is 14.6. The van der Waals surface area contributed by atoms with Crippen molar-refractivity contribution >= 4 is 50.5 Å². The third-order valence-corrected chi connectivity index (χ3v) is 5.71. The highest BCUT2D eigenvalue weighted by atomic mass is 79.9. The molecule has 0 aliphatic heterocycles. The maximum Gasteiger partial charge on any atom is 0.265 e. The van der Waals surface area contributed by atoms with E-state index in [1.807, 2.05) is 18.2 Å². The molecule has 1 N–H and O–H groups in total. The topological polar surface area (TPSA) is 29.1 Å². The molecular weight excluding hydrogens is 370 g/mol. The number of hydrogen-bond donors (Lipinski definition) is 1. The van der Waals surface area contributed by atoms with E-state index in [2.05, 4.69) is 21.2 Å². The molecule has 21 heavy (non-hydrogen) atoms. The number of fused-ring (bicyclic) bond motifs is 1. The predicted octanol–water partition coefficient (Wildman–Crippen LogP) is 5.69. The fourth-order valence-electron chi connectivity index (χ4n) is 2.56. The summed E-state index contributed by atoms with van der Waals surface area (Å²) in [6, 6.07) is 7.49. The molecule has 0 unspecified atom stereocenters. The van der Waals surface area contributed by atoms with E-state index < -0.39 is 0 Å². The van der Waals surface area contributed by atoms with Crippen LogP contribution in [0.15, 0.2) is 28.7 Å². The molecule has 0 bridgehead atoms. The molecule has 0 saturated heterocycles. The summed E-state index contributed by atoms with van der Waals surface area (Å²) in [5, 5.41) is 3.45. The van der Waals surface area contributed by atoms with E-state index in [1.54, 1.807) is 17.4 Å². The van der Waals surface area contributed by atoms with E-state index in [0.717, 1.165) is 22.2 Å². The van der Waals surface area contributed by atoms with Crippen molar-refractivity contribution in [3.05, 3.63) is 49.1 Å². The third kappa shape index (κ3) is 3.50. The Balaban J connectivity index is 1.81. The molecule has 110 valence electrons. The average Bonchev–Trinajstić information content (AvgIpc) is 2.74. The van der Waals surface area contributed by atoms with Gasteiger partial charge in [0, 0.05) is 9.35 Å². The van der Waals surface area contributed by atoms with Crippen LogP contribution in [0.5, 0.6) is 0 Å². The van der Waals surface area contributed by atoms with Gasteiger partial charge in [-0.25, -0.2) is 0 Å². The molecule has 0 fully saturated rings. The van der Waals surface area contributed by atoms with Crippen molar-refractivity contribution in [3.63, 3.8) is 0 Å². The van der Waals surface area contributed by atoms with Gasteiger partial charge in [-0.2, -0.15) is 0 Å². The molecular formula is C16H15BrClNOS. The van der Waals surface area contributed by atoms with Crippen LogP contribution in [0.2, 0.25) is 5.02 Å². The van der Waals surface area contributed by atoms with Gasteiger partial charge in [-0.1, -0.05) is 34.0 Å². The Labute approximate surface area is 141 Å². The Morgan fingerprint density at radius 3 is 2.86 bits per heavy atom. The molecule has 1 heterocycles. The summed E-state index contributed by atoms with van der Waals surface area (Å²) in [5.74, 6) is -0.0759. The number of nitrogens with one attached hydrogen (secondary N) is 1. The molecule has 2 nitrogen and oxygen atoms in total. The maximum atomic E-state index is 12.4. The fraction of sp³-hybridized carbons (Fsp3) is 0.312. The van der Waals surface area contributed by atoms with Gasteiger partial charge in [0.1, 0.15) is 0 Å². The summed E-state index contributed by atoms with van der Waals surface area (Å²) >= 11 is 11.1. The first-order valence-electron chi connectivity index (χ1n) is 7.01. The minimum absolute atomic E-state index is 0.0759. The van der Waals surface area contributed by atoms with Crippen LogP contribution in [0.3, 0.4) is 0 Å². The Bertz CT molecular complexity index is 659. The largest absolute Gasteiger partial charge is 0.320 e. The van der Waals surface area contributed by atoms with Crippen LogP contribution in [0.4, 0.5) is 5.69 Å². The molecule has 3 rings (SSSR count). The minimum Gasteiger partial charge on any atom is -0.320 e. The molecule has 0 saturated carbocycles. The Hall–Kier alpha value is -0.840. The first-order valence-corrected chi connectivity index (χ1v) is 9.00. The van der Waals surface area contributed by atoms with Crippen molar-refractivity contribution in [2.24, 2.45) is 0 Å². The lowest BCUT2D eigenvalue weighted by Gasteiger charge is -2.06. The first kappa shape index (κ1) is 15.1. The molecule has 1 aliphatic rings. The van der Waals surface area contributed by atoms with E-state index in [0.29, 0.717) is 10.7 Å². The lowest BCUT2D eigenvalue weighted by molar-refractivity contribution is 0.103. The number of thiophene rings is 1. The molecule has 5 heteroatoms. The molecule has 0 atom stereocenters. The number of benzene rings is 1. The number of amides is 1. The van der Waals surface area contributed by atoms with Crippen LogP contribution >= 0.6 is 38.9 Å². The smallest absolute Gasteiger partial charge is 0.265 e. The van der Waals surface area contributed by atoms with Gasteiger partial charge in [0.25, 0.3) is 5.91 Å². The molecule has 2 aromatic rings. The monoisotopic (exact) mass is 383 g/mol. The molecule has 1 aromatic carbocycles. The van der Waals surface area contributed by atoms with E-state index in [-0.39, 0.29) is 5.91 Å². The Morgan fingerprint density at radius 1 is 1.19 bits per heavy atom. The second-order valence-electron chi connectivity index (χ2n) is 5.20. The SMILES string of the molecule is O=C(Nc1cc(Br)ccc1Cl)c1cc2c(s1)CCCCC2. The van der Waals surface area contributed by atoms with Gasteiger partial charge in [-0.05, 0) is 55.5 Å². The van der Waals surface area contributed by atoms with Crippen LogP contribution in [0, 0.1) is 0 Å². The quantitative estimate of drug-likeness (QED) is 0.663. The highest BCUT2D eigenvalue weighted by molar-refractivity contribution is 9.10. The van der Waals surface area contributed by atoms with Crippen molar-refractivity contribution < 1.29 is 4.79 Å². The Morgan fingerprint density at radius 2 is 2.00 bits per heavy atom. The standard InChI is InChI=1S/C16H15BrClNOS/c17-11-6-7-12(18)13(9-11)19-16(20)15-8-10-4-2-1-3-5-14(10)21-15/h6-9H,1-5H2,(H,19,20). The van der Waals surface area contributed by atoms with E-state index in [4.69, 9.17) is 11.6 Å². The number of anilines is 1. The van der Waals surface area contributed by atoms with Crippen LogP contribution in [0.1, 0.15) is 39.4 Å². The van der Waals surface area contributed by atoms with Gasteiger partial charge in [-0.3, -0.25) is 4.79 Å². The zero-order valence-electron chi connectivity index (χ0n) is 11.4. The second-order valence-corrected chi connectivity index (χ2v) is 7.66. The van der Waals surface area contributed by atoms with Gasteiger partial charge >= 0.3 is 0 Å². The summed E-state index contributed by atoms with van der Waals surface area (Å²) in [6.45, 7) is 0. The molecule has 0 spiro atoms. The normalized spacial score (nSPS) is 14.4. The van der Waals surface area contributed by atoms with Crippen molar-refractivity contribution in [1.82, 2.24) is 0 Å². The molecule has 1 amide bonds. The van der Waals surface area contributed by atoms with Gasteiger partial charge in [-0.15, -0.1) is 11.3 Å². The Kier molecular flexibility index (Phi) is 4.67. The molecule has 0 radical (unpaired) electrons. The summed E-state index contributed by atoms with van der Waals surface area (Å²) in [6.07, 6.45) is 5.94. The van der Waals surface area contributed by atoms with Crippen molar-refractivity contribution in [2.45, 2.75) is 32.1 Å². The van der Waals surface area contributed by atoms with Crippen LogP contribution in [-0.4, -0.2) is 5.91 Å². The van der Waals surface area contributed by atoms with Crippen molar-refractivity contribution in [3.8, 4) is 0 Å². The fourth-order valence-corrected chi connectivity index (χ4v) is 4.23. The van der Waals surface area contributed by atoms with Gasteiger partial charge in [0.05, 0.1) is 15.6 Å². The maximum absolute atomic E-state index is 12.4. The lowest BCUT2D eigenvalue weighted by atomic mass is 10.1. The number of hydrogen-bond acceptors (Lipinski definition) is 2. The number of carbonyl (C=O) groups is 1.